The molecule has 2 heteroatoms. The molecule has 2 unspecified atom stereocenters. The Labute approximate surface area is 349 Å². The summed E-state index contributed by atoms with van der Waals surface area (Å²) in [6.45, 7) is 4.92. The summed E-state index contributed by atoms with van der Waals surface area (Å²) in [6, 6.07) is 71.0. The molecule has 0 nitrogen and oxygen atoms in total. The van der Waals surface area contributed by atoms with E-state index in [-0.39, 0.29) is 0 Å². The molecule has 11 rings (SSSR count). The Bertz CT molecular complexity index is 2790. The average Bonchev–Trinajstić information content (AvgIpc) is 3.81. The summed E-state index contributed by atoms with van der Waals surface area (Å²) in [6.07, 6.45) is 2.09. The Morgan fingerprint density at radius 1 is 0.414 bits per heavy atom. The van der Waals surface area contributed by atoms with E-state index in [1.54, 1.807) is 22.3 Å². The van der Waals surface area contributed by atoms with Crippen molar-refractivity contribution in [3.63, 3.8) is 0 Å². The van der Waals surface area contributed by atoms with Gasteiger partial charge >= 0.3 is 351 Å². The third-order valence-electron chi connectivity index (χ3n) is 14.2. The molecule has 0 amide bonds. The van der Waals surface area contributed by atoms with E-state index in [2.05, 4.69) is 205 Å². The SMILES string of the molecule is CCC1=C(c2cccc3ccccc23)c2c3cccc2[Si](c2ccccc2)(c2ccccc2)c2cccc4c2C(c2cccc5ccccc25)=C(CC)[CH]4[Hf]([CH3])([CH3])[CH]13. The Morgan fingerprint density at radius 3 is 1.22 bits per heavy atom. The molecule has 58 heavy (non-hydrogen) atoms. The van der Waals surface area contributed by atoms with Gasteiger partial charge < -0.3 is 0 Å². The van der Waals surface area contributed by atoms with Gasteiger partial charge in [-0.05, 0) is 0 Å². The van der Waals surface area contributed by atoms with Crippen LogP contribution in [0.3, 0.4) is 0 Å². The number of fused-ring (bicyclic) bond motifs is 2. The molecular weight excluding hydrogens is 879 g/mol. The van der Waals surface area contributed by atoms with Crippen molar-refractivity contribution in [2.75, 3.05) is 0 Å². The van der Waals surface area contributed by atoms with Gasteiger partial charge in [-0.25, -0.2) is 0 Å². The van der Waals surface area contributed by atoms with E-state index in [0.717, 1.165) is 12.8 Å². The Balaban J connectivity index is 1.39. The molecule has 3 aliphatic rings. The molecule has 8 aromatic rings. The Kier molecular flexibility index (Phi) is 8.51. The van der Waals surface area contributed by atoms with Crippen LogP contribution in [-0.2, 0) is 20.0 Å². The summed E-state index contributed by atoms with van der Waals surface area (Å²) >= 11 is -3.58. The summed E-state index contributed by atoms with van der Waals surface area (Å²) in [5.41, 5.74) is 15.5. The van der Waals surface area contributed by atoms with E-state index < -0.39 is 28.0 Å². The molecule has 0 spiro atoms. The van der Waals surface area contributed by atoms with Gasteiger partial charge in [0.1, 0.15) is 0 Å². The summed E-state index contributed by atoms with van der Waals surface area (Å²) in [4.78, 5) is 0. The maximum atomic E-state index is 2.83. The molecule has 8 aromatic carbocycles. The van der Waals surface area contributed by atoms with Gasteiger partial charge in [0.25, 0.3) is 0 Å². The molecule has 0 saturated carbocycles. The zero-order valence-electron chi connectivity index (χ0n) is 33.9. The van der Waals surface area contributed by atoms with Crippen LogP contribution in [0.25, 0.3) is 32.7 Å². The number of benzene rings is 8. The van der Waals surface area contributed by atoms with E-state index in [4.69, 9.17) is 0 Å². The molecule has 2 atom stereocenters. The Morgan fingerprint density at radius 2 is 0.793 bits per heavy atom. The van der Waals surface area contributed by atoms with Crippen LogP contribution < -0.4 is 20.7 Å². The van der Waals surface area contributed by atoms with E-state index in [0.29, 0.717) is 7.35 Å². The summed E-state index contributed by atoms with van der Waals surface area (Å²) in [5, 5.41) is 11.3. The minimum absolute atomic E-state index is 0.452. The number of rotatable bonds is 6. The van der Waals surface area contributed by atoms with Crippen LogP contribution in [-0.4, -0.2) is 8.07 Å². The quantitative estimate of drug-likeness (QED) is 0.146. The first-order chi connectivity index (χ1) is 28.5. The molecule has 0 saturated heterocycles. The first kappa shape index (κ1) is 36.0. The zero-order chi connectivity index (χ0) is 39.2. The van der Waals surface area contributed by atoms with Crippen molar-refractivity contribution >= 4 is 61.5 Å². The van der Waals surface area contributed by atoms with Crippen molar-refractivity contribution in [1.29, 1.82) is 0 Å². The molecule has 0 N–H and O–H groups in total. The van der Waals surface area contributed by atoms with Gasteiger partial charge in [-0.15, -0.1) is 0 Å². The van der Waals surface area contributed by atoms with Crippen molar-refractivity contribution in [2.45, 2.75) is 43.4 Å². The van der Waals surface area contributed by atoms with Crippen molar-refractivity contribution in [3.05, 3.63) is 227 Å². The van der Waals surface area contributed by atoms with Gasteiger partial charge in [0.05, 0.1) is 0 Å². The summed E-state index contributed by atoms with van der Waals surface area (Å²) in [7, 11) is -3.08. The predicted molar refractivity (Wildman–Crippen MR) is 248 cm³/mol. The van der Waals surface area contributed by atoms with Crippen LogP contribution in [0, 0.1) is 0 Å². The predicted octanol–water partition coefficient (Wildman–Crippen LogP) is 12.2. The molecule has 0 radical (unpaired) electrons. The summed E-state index contributed by atoms with van der Waals surface area (Å²) in [5.74, 6) is 0. The molecule has 280 valence electrons. The monoisotopic (exact) mass is 928 g/mol. The number of hydrogen-bond acceptors (Lipinski definition) is 0. The van der Waals surface area contributed by atoms with Crippen LogP contribution in [0.15, 0.2) is 193 Å². The van der Waals surface area contributed by atoms with Crippen molar-refractivity contribution in [2.24, 2.45) is 0 Å². The van der Waals surface area contributed by atoms with Crippen molar-refractivity contribution < 1.29 is 20.0 Å². The molecule has 1 aliphatic heterocycles. The average molecular weight is 928 g/mol. The molecule has 8 bridgehead atoms. The summed E-state index contributed by atoms with van der Waals surface area (Å²) < 4.78 is 6.57. The van der Waals surface area contributed by atoms with Crippen LogP contribution in [0.2, 0.25) is 9.36 Å². The van der Waals surface area contributed by atoms with Gasteiger partial charge in [0, 0.05) is 0 Å². The third-order valence-corrected chi connectivity index (χ3v) is 34.5. The van der Waals surface area contributed by atoms with Crippen LogP contribution in [0.1, 0.15) is 67.4 Å². The van der Waals surface area contributed by atoms with E-state index in [1.165, 1.54) is 75.7 Å². The van der Waals surface area contributed by atoms with Gasteiger partial charge in [-0.3, -0.25) is 0 Å². The fourth-order valence-corrected chi connectivity index (χ4v) is 35.1. The van der Waals surface area contributed by atoms with E-state index >= 15 is 0 Å². The standard InChI is InChI=1S/C54H42Si.2CH3.Hf/c1-3-37-35-41-23-17-33-49(53(41)51(37)47-31-15-21-39-19-11-13-29-45(39)47)55(43-25-7-5-8-26-43,44-27-9-6-10-28-44)50-34-18-24-42-36-38(4-2)52(54(42)50)48-32-16-22-40-20-12-14-30-46(40)48;;;/h5-36H,3-4H2,1-2H3;2*1H3;. The zero-order valence-corrected chi connectivity index (χ0v) is 38.5. The topological polar surface area (TPSA) is 0 Å². The van der Waals surface area contributed by atoms with Gasteiger partial charge in [-0.2, -0.15) is 0 Å². The van der Waals surface area contributed by atoms with Crippen molar-refractivity contribution in [3.8, 4) is 0 Å². The van der Waals surface area contributed by atoms with Crippen LogP contribution >= 0.6 is 0 Å². The minimum atomic E-state index is -3.58. The maximum absolute atomic E-state index is 3.58. The molecule has 0 aromatic heterocycles. The van der Waals surface area contributed by atoms with Crippen molar-refractivity contribution in [1.82, 2.24) is 0 Å². The second-order valence-electron chi connectivity index (χ2n) is 17.3. The number of allylic oxidation sites excluding steroid dienone is 2. The molecule has 0 fully saturated rings. The van der Waals surface area contributed by atoms with Crippen LogP contribution in [0.5, 0.6) is 0 Å². The second-order valence-corrected chi connectivity index (χ2v) is 38.2. The van der Waals surface area contributed by atoms with Crippen LogP contribution in [0.4, 0.5) is 0 Å². The fourth-order valence-electron chi connectivity index (χ4n) is 12.2. The van der Waals surface area contributed by atoms with E-state index in [9.17, 15) is 0 Å². The van der Waals surface area contributed by atoms with Gasteiger partial charge in [0.2, 0.25) is 0 Å². The molecule has 1 heterocycles. The normalized spacial score (nSPS) is 18.6. The fraction of sp³-hybridized carbons (Fsp3) is 0.143. The molecular formula is C56H48HfSi. The first-order valence-electron chi connectivity index (χ1n) is 21.3. The van der Waals surface area contributed by atoms with Gasteiger partial charge in [-0.1, -0.05) is 0 Å². The third kappa shape index (κ3) is 4.88. The second kappa shape index (κ2) is 13.7. The first-order valence-corrected chi connectivity index (χ1v) is 34.6. The van der Waals surface area contributed by atoms with Gasteiger partial charge in [0.15, 0.2) is 0 Å². The van der Waals surface area contributed by atoms with E-state index in [1.807, 2.05) is 0 Å². The molecule has 2 aliphatic carbocycles. The number of hydrogen-bond donors (Lipinski definition) is 0. The Hall–Kier alpha value is -5.15.